The fourth-order valence-electron chi connectivity index (χ4n) is 4.01. The molecule has 4 nitrogen and oxygen atoms in total. The second kappa shape index (κ2) is 6.73. The summed E-state index contributed by atoms with van der Waals surface area (Å²) in [4.78, 5) is 6.70. The van der Waals surface area contributed by atoms with Crippen LogP contribution in [0.15, 0.2) is 52.3 Å². The highest BCUT2D eigenvalue weighted by Gasteiger charge is 2.30. The molecule has 25 heavy (non-hydrogen) atoms. The van der Waals surface area contributed by atoms with E-state index in [1.807, 2.05) is 17.8 Å². The molecule has 0 spiro atoms. The van der Waals surface area contributed by atoms with Crippen molar-refractivity contribution in [1.29, 1.82) is 5.41 Å². The number of nitrogens with two attached hydrogens (primary N) is 1. The molecule has 1 saturated heterocycles. The van der Waals surface area contributed by atoms with Gasteiger partial charge in [-0.05, 0) is 31.2 Å². The molecule has 2 aromatic carbocycles. The third-order valence-electron chi connectivity index (χ3n) is 5.21. The van der Waals surface area contributed by atoms with Crippen LogP contribution in [0.4, 0.5) is 11.4 Å². The zero-order valence-electron chi connectivity index (χ0n) is 14.6. The van der Waals surface area contributed by atoms with Crippen LogP contribution in [0.25, 0.3) is 0 Å². The Morgan fingerprint density at radius 2 is 1.88 bits per heavy atom. The molecular formula is C20H25N4S+. The molecular weight excluding hydrogens is 328 g/mol. The zero-order valence-corrected chi connectivity index (χ0v) is 15.4. The average molecular weight is 354 g/mol. The van der Waals surface area contributed by atoms with E-state index in [1.54, 1.807) is 4.90 Å². The first kappa shape index (κ1) is 16.5. The van der Waals surface area contributed by atoms with E-state index in [2.05, 4.69) is 48.2 Å². The molecule has 2 aliphatic heterocycles. The molecule has 0 aliphatic carbocycles. The first-order chi connectivity index (χ1) is 12.1. The van der Waals surface area contributed by atoms with Crippen LogP contribution in [-0.2, 0) is 0 Å². The molecule has 2 heterocycles. The molecule has 0 bridgehead atoms. The van der Waals surface area contributed by atoms with E-state index in [4.69, 9.17) is 11.1 Å². The first-order valence-electron chi connectivity index (χ1n) is 9.01. The number of anilines is 2. The second-order valence-corrected chi connectivity index (χ2v) is 8.13. The van der Waals surface area contributed by atoms with Gasteiger partial charge in [0.2, 0.25) is 0 Å². The number of hydrogen-bond donors (Lipinski definition) is 3. The number of nitrogens with one attached hydrogen (secondary N) is 2. The number of hydrogen-bond acceptors (Lipinski definition) is 3. The number of likely N-dealkylation sites (tertiary alicyclic amines) is 1. The van der Waals surface area contributed by atoms with Crippen LogP contribution in [0.3, 0.4) is 0 Å². The first-order valence-corrected chi connectivity index (χ1v) is 9.83. The maximum absolute atomic E-state index is 7.80. The monoisotopic (exact) mass is 353 g/mol. The Hall–Kier alpha value is -1.98. The van der Waals surface area contributed by atoms with Crippen LogP contribution >= 0.6 is 11.8 Å². The highest BCUT2D eigenvalue weighted by molar-refractivity contribution is 7.99. The van der Waals surface area contributed by atoms with E-state index in [-0.39, 0.29) is 5.84 Å². The summed E-state index contributed by atoms with van der Waals surface area (Å²) >= 11 is 1.81. The van der Waals surface area contributed by atoms with Gasteiger partial charge in [-0.15, -0.1) is 0 Å². The fraction of sp³-hybridized carbons (Fsp3) is 0.350. The van der Waals surface area contributed by atoms with Gasteiger partial charge in [0.15, 0.2) is 0 Å². The molecule has 1 unspecified atom stereocenters. The number of quaternary nitrogens is 1. The molecule has 5 heteroatoms. The van der Waals surface area contributed by atoms with Crippen molar-refractivity contribution in [3.05, 3.63) is 48.0 Å². The molecule has 0 amide bonds. The third-order valence-corrected chi connectivity index (χ3v) is 6.34. The van der Waals surface area contributed by atoms with Crippen LogP contribution in [0.5, 0.6) is 0 Å². The summed E-state index contributed by atoms with van der Waals surface area (Å²) in [6, 6.07) is 15.2. The maximum atomic E-state index is 7.80. The smallest absolute Gasteiger partial charge is 0.122 e. The van der Waals surface area contributed by atoms with Crippen LogP contribution in [-0.4, -0.2) is 31.5 Å². The van der Waals surface area contributed by atoms with Crippen molar-refractivity contribution in [1.82, 2.24) is 0 Å². The largest absolute Gasteiger partial charge is 0.384 e. The van der Waals surface area contributed by atoms with Gasteiger partial charge in [-0.1, -0.05) is 30.0 Å². The van der Waals surface area contributed by atoms with Crippen molar-refractivity contribution in [2.45, 2.75) is 35.6 Å². The Morgan fingerprint density at radius 3 is 2.64 bits per heavy atom. The van der Waals surface area contributed by atoms with Crippen molar-refractivity contribution < 1.29 is 4.90 Å². The Morgan fingerprint density at radius 1 is 1.16 bits per heavy atom. The summed E-state index contributed by atoms with van der Waals surface area (Å²) in [5.41, 5.74) is 9.00. The number of rotatable bonds is 4. The zero-order chi connectivity index (χ0) is 17.4. The molecule has 1 atom stereocenters. The number of nitrogens with zero attached hydrogens (tertiary/aromatic N) is 1. The number of amidine groups is 1. The Labute approximate surface area is 153 Å². The molecule has 0 aromatic heterocycles. The van der Waals surface area contributed by atoms with Crippen LogP contribution in [0, 0.1) is 5.41 Å². The number of para-hydroxylation sites is 1. The van der Waals surface area contributed by atoms with Crippen molar-refractivity contribution in [3.63, 3.8) is 0 Å². The van der Waals surface area contributed by atoms with Crippen molar-refractivity contribution in [2.75, 3.05) is 24.5 Å². The minimum absolute atomic E-state index is 0.129. The van der Waals surface area contributed by atoms with Gasteiger partial charge in [0, 0.05) is 28.2 Å². The molecule has 4 N–H and O–H groups in total. The van der Waals surface area contributed by atoms with Crippen molar-refractivity contribution in [2.24, 2.45) is 5.73 Å². The predicted molar refractivity (Wildman–Crippen MR) is 104 cm³/mol. The van der Waals surface area contributed by atoms with Gasteiger partial charge in [0.25, 0.3) is 0 Å². The normalized spacial score (nSPS) is 17.9. The van der Waals surface area contributed by atoms with Gasteiger partial charge in [0.1, 0.15) is 5.84 Å². The number of fused-ring (bicyclic) bond motifs is 2. The quantitative estimate of drug-likeness (QED) is 0.585. The Balaban J connectivity index is 1.75. The lowest BCUT2D eigenvalue weighted by Gasteiger charge is -2.37. The SMILES string of the molecule is CC(C[NH+]1CCCC1)N1c2ccccc2Sc2ccc(C(=N)N)cc21. The molecule has 4 rings (SSSR count). The van der Waals surface area contributed by atoms with Crippen molar-refractivity contribution in [3.8, 4) is 0 Å². The highest BCUT2D eigenvalue weighted by Crippen LogP contribution is 2.49. The molecule has 0 saturated carbocycles. The fourth-order valence-corrected chi connectivity index (χ4v) is 5.07. The topological polar surface area (TPSA) is 57.5 Å². The van der Waals surface area contributed by atoms with Crippen LogP contribution in [0.1, 0.15) is 25.3 Å². The summed E-state index contributed by atoms with van der Waals surface area (Å²) in [5.74, 6) is 0.129. The lowest BCUT2D eigenvalue weighted by Crippen LogP contribution is -3.11. The van der Waals surface area contributed by atoms with Crippen molar-refractivity contribution >= 4 is 29.0 Å². The molecule has 1 fully saturated rings. The Bertz CT molecular complexity index is 798. The second-order valence-electron chi connectivity index (χ2n) is 7.05. The summed E-state index contributed by atoms with van der Waals surface area (Å²) in [6.45, 7) is 6.04. The van der Waals surface area contributed by atoms with Gasteiger partial charge in [-0.25, -0.2) is 0 Å². The lowest BCUT2D eigenvalue weighted by molar-refractivity contribution is -0.888. The van der Waals surface area contributed by atoms with Gasteiger partial charge in [0.05, 0.1) is 37.1 Å². The van der Waals surface area contributed by atoms with E-state index >= 15 is 0 Å². The Kier molecular flexibility index (Phi) is 4.44. The summed E-state index contributed by atoms with van der Waals surface area (Å²) in [6.07, 6.45) is 2.69. The average Bonchev–Trinajstić information content (AvgIpc) is 3.11. The minimum Gasteiger partial charge on any atom is -0.384 e. The van der Waals surface area contributed by atoms with Gasteiger partial charge in [-0.3, -0.25) is 5.41 Å². The standard InChI is InChI=1S/C20H24N4S/c1-14(13-23-10-4-5-11-23)24-16-6-2-3-7-18(16)25-19-9-8-15(20(21)22)12-17(19)24/h2-3,6-9,12,14H,4-5,10-11,13H2,1H3,(H3,21,22)/p+1. The van der Waals surface area contributed by atoms with Gasteiger partial charge in [-0.2, -0.15) is 0 Å². The number of nitrogen functional groups attached to an aromatic ring is 1. The molecule has 2 aromatic rings. The van der Waals surface area contributed by atoms with E-state index in [1.165, 1.54) is 47.1 Å². The summed E-state index contributed by atoms with van der Waals surface area (Å²) in [5, 5.41) is 7.80. The van der Waals surface area contributed by atoms with Gasteiger partial charge >= 0.3 is 0 Å². The maximum Gasteiger partial charge on any atom is 0.122 e. The van der Waals surface area contributed by atoms with E-state index in [0.29, 0.717) is 6.04 Å². The molecule has 0 radical (unpaired) electrons. The van der Waals surface area contributed by atoms with E-state index < -0.39 is 0 Å². The van der Waals surface area contributed by atoms with Crippen LogP contribution in [0.2, 0.25) is 0 Å². The minimum atomic E-state index is 0.129. The predicted octanol–water partition coefficient (Wildman–Crippen LogP) is 2.64. The summed E-state index contributed by atoms with van der Waals surface area (Å²) < 4.78 is 0. The molecule has 130 valence electrons. The van der Waals surface area contributed by atoms with Gasteiger partial charge < -0.3 is 15.5 Å². The van der Waals surface area contributed by atoms with E-state index in [9.17, 15) is 0 Å². The molecule has 2 aliphatic rings. The van der Waals surface area contributed by atoms with E-state index in [0.717, 1.165) is 12.1 Å². The lowest BCUT2D eigenvalue weighted by atomic mass is 10.1. The number of benzene rings is 2. The third kappa shape index (κ3) is 3.14. The van der Waals surface area contributed by atoms with Crippen LogP contribution < -0.4 is 15.5 Å². The summed E-state index contributed by atoms with van der Waals surface area (Å²) in [7, 11) is 0. The highest BCUT2D eigenvalue weighted by atomic mass is 32.2.